The number of carbonyl (C=O) groups excluding carboxylic acids is 3. The molecule has 0 aliphatic carbocycles. The minimum absolute atomic E-state index is 0.105. The Morgan fingerprint density at radius 1 is 1.15 bits per heavy atom. The molecule has 1 unspecified atom stereocenters. The molecule has 0 fully saturated rings. The molecule has 1 aromatic heterocycles. The number of nitrogens with zero attached hydrogens (tertiary/aromatic N) is 2. The van der Waals surface area contributed by atoms with Gasteiger partial charge in [-0.25, -0.2) is 4.98 Å². The van der Waals surface area contributed by atoms with Crippen LogP contribution in [0.2, 0.25) is 0 Å². The highest BCUT2D eigenvalue weighted by molar-refractivity contribution is 7.17. The van der Waals surface area contributed by atoms with Crippen molar-refractivity contribution in [2.75, 3.05) is 18.1 Å². The van der Waals surface area contributed by atoms with Gasteiger partial charge >= 0.3 is 0 Å². The zero-order valence-corrected chi connectivity index (χ0v) is 22.7. The lowest BCUT2D eigenvalue weighted by Crippen LogP contribution is -2.30. The fraction of sp³-hybridized carbons (Fsp3) is 0.200. The maximum absolute atomic E-state index is 13.5. The molecule has 1 aliphatic heterocycles. The van der Waals surface area contributed by atoms with E-state index >= 15 is 0 Å². The van der Waals surface area contributed by atoms with Crippen molar-refractivity contribution < 1.29 is 29.0 Å². The fourth-order valence-corrected chi connectivity index (χ4v) is 5.23. The Balaban J connectivity index is 1.84. The van der Waals surface area contributed by atoms with Crippen LogP contribution < -0.4 is 14.4 Å². The number of allylic oxidation sites excluding steroid dienone is 1. The summed E-state index contributed by atoms with van der Waals surface area (Å²) in [5, 5.41) is 11.2. The Hall–Kier alpha value is -4.50. The molecule has 1 atom stereocenters. The second-order valence-corrected chi connectivity index (χ2v) is 9.63. The monoisotopic (exact) mass is 544 g/mol. The number of hydrogen-bond acceptors (Lipinski definition) is 8. The number of aliphatic hydroxyl groups is 1. The number of aryl methyl sites for hydroxylation is 1. The van der Waals surface area contributed by atoms with Crippen LogP contribution in [0.25, 0.3) is 6.08 Å². The summed E-state index contributed by atoms with van der Waals surface area (Å²) in [5.74, 6) is -1.33. The van der Waals surface area contributed by atoms with E-state index in [2.05, 4.69) is 11.6 Å². The van der Waals surface area contributed by atoms with E-state index in [0.29, 0.717) is 34.2 Å². The normalized spacial score (nSPS) is 15.2. The van der Waals surface area contributed by atoms with E-state index in [4.69, 9.17) is 9.47 Å². The van der Waals surface area contributed by atoms with Crippen LogP contribution in [0.1, 0.15) is 46.4 Å². The minimum Gasteiger partial charge on any atom is -0.503 e. The van der Waals surface area contributed by atoms with Crippen molar-refractivity contribution >= 4 is 40.0 Å². The van der Waals surface area contributed by atoms with Crippen molar-refractivity contribution in [3.63, 3.8) is 0 Å². The second-order valence-electron chi connectivity index (χ2n) is 8.65. The van der Waals surface area contributed by atoms with Crippen molar-refractivity contribution in [2.24, 2.45) is 0 Å². The molecular weight excluding hydrogens is 516 g/mol. The smallest absolute Gasteiger partial charge is 0.296 e. The second kappa shape index (κ2) is 11.9. The van der Waals surface area contributed by atoms with E-state index < -0.39 is 23.5 Å². The molecule has 0 saturated heterocycles. The van der Waals surface area contributed by atoms with Gasteiger partial charge in [-0.1, -0.05) is 66.5 Å². The van der Waals surface area contributed by atoms with Gasteiger partial charge < -0.3 is 14.6 Å². The van der Waals surface area contributed by atoms with Crippen molar-refractivity contribution in [2.45, 2.75) is 26.8 Å². The fourth-order valence-electron chi connectivity index (χ4n) is 4.24. The number of hydrogen-bond donors (Lipinski definition) is 1. The van der Waals surface area contributed by atoms with Crippen LogP contribution in [0.4, 0.5) is 5.13 Å². The third-order valence-corrected chi connectivity index (χ3v) is 7.21. The molecule has 1 N–H and O–H groups in total. The summed E-state index contributed by atoms with van der Waals surface area (Å²) in [7, 11) is 0. The first-order chi connectivity index (χ1) is 18.8. The number of benzene rings is 2. The summed E-state index contributed by atoms with van der Waals surface area (Å²) in [6.07, 6.45) is 4.55. The molecule has 0 saturated carbocycles. The molecular formula is C30H28N2O6S. The number of rotatable bonds is 11. The van der Waals surface area contributed by atoms with Gasteiger partial charge in [0.2, 0.25) is 0 Å². The van der Waals surface area contributed by atoms with E-state index in [1.165, 1.54) is 17.9 Å². The number of aromatic nitrogens is 1. The summed E-state index contributed by atoms with van der Waals surface area (Å²) in [6.45, 7) is 9.19. The quantitative estimate of drug-likeness (QED) is 0.185. The Kier molecular flexibility index (Phi) is 8.41. The van der Waals surface area contributed by atoms with Crippen molar-refractivity contribution in [1.82, 2.24) is 4.98 Å². The van der Waals surface area contributed by atoms with E-state index in [-0.39, 0.29) is 23.1 Å². The summed E-state index contributed by atoms with van der Waals surface area (Å²) in [4.78, 5) is 45.2. The van der Waals surface area contributed by atoms with Crippen LogP contribution in [0.15, 0.2) is 78.6 Å². The summed E-state index contributed by atoms with van der Waals surface area (Å²) in [5.41, 5.74) is 1.63. The average Bonchev–Trinajstić information content (AvgIpc) is 3.44. The zero-order valence-electron chi connectivity index (χ0n) is 21.8. The number of carbonyl (C=O) groups is 3. The predicted molar refractivity (Wildman–Crippen MR) is 151 cm³/mol. The lowest BCUT2D eigenvalue weighted by Gasteiger charge is -2.25. The Morgan fingerprint density at radius 2 is 1.90 bits per heavy atom. The number of amides is 1. The number of anilines is 1. The Morgan fingerprint density at radius 3 is 2.54 bits per heavy atom. The third-order valence-electron chi connectivity index (χ3n) is 5.95. The van der Waals surface area contributed by atoms with Crippen LogP contribution >= 0.6 is 11.3 Å². The number of ketones is 2. The van der Waals surface area contributed by atoms with Crippen LogP contribution in [0.3, 0.4) is 0 Å². The molecule has 0 bridgehead atoms. The molecule has 1 aliphatic rings. The van der Waals surface area contributed by atoms with Crippen LogP contribution in [0.5, 0.6) is 11.5 Å². The molecule has 3 aromatic rings. The van der Waals surface area contributed by atoms with Gasteiger partial charge in [0.1, 0.15) is 6.61 Å². The lowest BCUT2D eigenvalue weighted by atomic mass is 9.95. The molecule has 0 spiro atoms. The molecule has 2 heterocycles. The van der Waals surface area contributed by atoms with Gasteiger partial charge in [0, 0.05) is 6.92 Å². The Bertz CT molecular complexity index is 1490. The predicted octanol–water partition coefficient (Wildman–Crippen LogP) is 5.80. The largest absolute Gasteiger partial charge is 0.503 e. The lowest BCUT2D eigenvalue weighted by molar-refractivity contribution is -0.117. The first-order valence-corrected chi connectivity index (χ1v) is 13.1. The van der Waals surface area contributed by atoms with E-state index in [1.54, 1.807) is 37.3 Å². The Labute approximate surface area is 230 Å². The maximum atomic E-state index is 13.5. The number of thiazole rings is 1. The molecule has 8 nitrogen and oxygen atoms in total. The zero-order chi connectivity index (χ0) is 28.1. The minimum atomic E-state index is -1.02. The van der Waals surface area contributed by atoms with Gasteiger partial charge in [-0.15, -0.1) is 0 Å². The van der Waals surface area contributed by atoms with Gasteiger partial charge in [-0.05, 0) is 43.2 Å². The van der Waals surface area contributed by atoms with Gasteiger partial charge in [0.25, 0.3) is 5.91 Å². The van der Waals surface area contributed by atoms with Crippen molar-refractivity contribution in [3.05, 3.63) is 100 Å². The highest BCUT2D eigenvalue weighted by atomic mass is 32.1. The van der Waals surface area contributed by atoms with E-state index in [9.17, 15) is 19.5 Å². The molecule has 9 heteroatoms. The molecule has 0 radical (unpaired) electrons. The number of Topliss-reactive ketones (excluding diaryl/α,β-unsaturated/α-hetero) is 1. The number of aliphatic hydroxyl groups excluding tert-OH is 1. The molecule has 2 aromatic carbocycles. The van der Waals surface area contributed by atoms with Crippen LogP contribution in [-0.2, 0) is 9.59 Å². The molecule has 39 heavy (non-hydrogen) atoms. The van der Waals surface area contributed by atoms with Gasteiger partial charge in [0.15, 0.2) is 34.0 Å². The highest BCUT2D eigenvalue weighted by Crippen LogP contribution is 2.45. The van der Waals surface area contributed by atoms with Crippen molar-refractivity contribution in [1.29, 1.82) is 0 Å². The molecule has 1 amide bonds. The van der Waals surface area contributed by atoms with Gasteiger partial charge in [-0.3, -0.25) is 19.3 Å². The summed E-state index contributed by atoms with van der Waals surface area (Å²) < 4.78 is 11.5. The maximum Gasteiger partial charge on any atom is 0.296 e. The van der Waals surface area contributed by atoms with Crippen molar-refractivity contribution in [3.8, 4) is 11.5 Å². The van der Waals surface area contributed by atoms with Crippen LogP contribution in [0, 0.1) is 6.92 Å². The summed E-state index contributed by atoms with van der Waals surface area (Å²) >= 11 is 1.03. The van der Waals surface area contributed by atoms with Gasteiger partial charge in [-0.2, -0.15) is 0 Å². The molecule has 4 rings (SSSR count). The molecule has 200 valence electrons. The van der Waals surface area contributed by atoms with E-state index in [1.807, 2.05) is 37.3 Å². The average molecular weight is 545 g/mol. The summed E-state index contributed by atoms with van der Waals surface area (Å²) in [6, 6.07) is 13.2. The third kappa shape index (κ3) is 5.68. The van der Waals surface area contributed by atoms with Gasteiger partial charge in [0.05, 0.1) is 28.8 Å². The SMILES string of the molecule is C=CCOc1ccc(C2C(C(=O)/C=C/c3ccccc3)=C(O)C(=O)N2c2nc(C)c(C(C)=O)s2)cc1OCC. The van der Waals surface area contributed by atoms with E-state index in [0.717, 1.165) is 16.9 Å². The first-order valence-electron chi connectivity index (χ1n) is 12.3. The highest BCUT2D eigenvalue weighted by Gasteiger charge is 2.45. The van der Waals surface area contributed by atoms with Crippen LogP contribution in [-0.4, -0.2) is 40.8 Å². The topological polar surface area (TPSA) is 106 Å². The first kappa shape index (κ1) is 27.5. The number of ether oxygens (including phenoxy) is 2. The standard InChI is InChI=1S/C30H28N2O6S/c1-5-16-38-23-15-13-21(17-24(23)37-6-2)26-25(22(34)14-12-20-10-8-7-9-11-20)27(35)29(36)32(26)30-31-18(3)28(39-30)19(4)33/h5,7-15,17,26,35H,1,6,16H2,2-4H3/b14-12+.